The van der Waals surface area contributed by atoms with Gasteiger partial charge in [-0.05, 0) is 51.9 Å². The summed E-state index contributed by atoms with van der Waals surface area (Å²) >= 11 is 0. The summed E-state index contributed by atoms with van der Waals surface area (Å²) in [6, 6.07) is 0. The van der Waals surface area contributed by atoms with Gasteiger partial charge in [0, 0.05) is 6.54 Å². The molecule has 4 heteroatoms. The molecular weight excluding hydrogens is 230 g/mol. The highest BCUT2D eigenvalue weighted by Crippen LogP contribution is 2.40. The fraction of sp³-hybridized carbons (Fsp3) is 0.929. The third-order valence-electron chi connectivity index (χ3n) is 3.26. The first-order valence-electron chi connectivity index (χ1n) is 6.71. The second kappa shape index (κ2) is 5.08. The van der Waals surface area contributed by atoms with Gasteiger partial charge >= 0.3 is 6.09 Å². The van der Waals surface area contributed by atoms with Gasteiger partial charge in [0.05, 0.1) is 5.60 Å². The molecule has 4 nitrogen and oxygen atoms in total. The van der Waals surface area contributed by atoms with E-state index >= 15 is 0 Å². The van der Waals surface area contributed by atoms with Gasteiger partial charge in [-0.15, -0.1) is 0 Å². The minimum absolute atomic E-state index is 0.141. The first-order valence-corrected chi connectivity index (χ1v) is 6.71. The van der Waals surface area contributed by atoms with Crippen LogP contribution in [0.3, 0.4) is 0 Å². The van der Waals surface area contributed by atoms with Crippen LogP contribution in [0.2, 0.25) is 0 Å². The third-order valence-corrected chi connectivity index (χ3v) is 3.26. The number of amides is 1. The molecule has 18 heavy (non-hydrogen) atoms. The van der Waals surface area contributed by atoms with Gasteiger partial charge in [0.15, 0.2) is 0 Å². The summed E-state index contributed by atoms with van der Waals surface area (Å²) in [5.74, 6) is 0. The SMILES string of the molecule is CC1(C)CCCC(O)(CNC(=O)OC(C)(C)C)C1. The van der Waals surface area contributed by atoms with E-state index in [1.54, 1.807) is 0 Å². The molecular formula is C14H27NO3. The van der Waals surface area contributed by atoms with Crippen molar-refractivity contribution in [2.24, 2.45) is 5.41 Å². The maximum Gasteiger partial charge on any atom is 0.407 e. The lowest BCUT2D eigenvalue weighted by atomic mass is 9.70. The summed E-state index contributed by atoms with van der Waals surface area (Å²) in [6.45, 7) is 10.1. The van der Waals surface area contributed by atoms with E-state index in [9.17, 15) is 9.90 Å². The van der Waals surface area contributed by atoms with Crippen molar-refractivity contribution in [3.63, 3.8) is 0 Å². The van der Waals surface area contributed by atoms with Crippen LogP contribution in [0.1, 0.15) is 60.3 Å². The number of aliphatic hydroxyl groups is 1. The fourth-order valence-corrected chi connectivity index (χ4v) is 2.67. The summed E-state index contributed by atoms with van der Waals surface area (Å²) in [4.78, 5) is 11.6. The number of nitrogens with one attached hydrogen (secondary N) is 1. The zero-order chi connectivity index (χ0) is 14.0. The molecule has 1 aliphatic rings. The number of carbonyl (C=O) groups excluding carboxylic acids is 1. The Kier molecular flexibility index (Phi) is 4.31. The Balaban J connectivity index is 2.45. The summed E-state index contributed by atoms with van der Waals surface area (Å²) < 4.78 is 5.16. The van der Waals surface area contributed by atoms with Crippen LogP contribution >= 0.6 is 0 Å². The molecule has 1 saturated carbocycles. The normalized spacial score (nSPS) is 27.7. The molecule has 1 atom stereocenters. The van der Waals surface area contributed by atoms with Crippen molar-refractivity contribution in [2.75, 3.05) is 6.54 Å². The average Bonchev–Trinajstić information content (AvgIpc) is 2.10. The lowest BCUT2D eigenvalue weighted by Gasteiger charge is -2.41. The van der Waals surface area contributed by atoms with E-state index in [0.717, 1.165) is 25.7 Å². The Morgan fingerprint density at radius 3 is 2.44 bits per heavy atom. The molecule has 0 aromatic rings. The minimum atomic E-state index is -0.793. The highest BCUT2D eigenvalue weighted by Gasteiger charge is 2.38. The maximum absolute atomic E-state index is 11.6. The summed E-state index contributed by atoms with van der Waals surface area (Å²) in [5.41, 5.74) is -1.15. The zero-order valence-corrected chi connectivity index (χ0v) is 12.3. The van der Waals surface area contributed by atoms with E-state index in [1.165, 1.54) is 0 Å². The van der Waals surface area contributed by atoms with Gasteiger partial charge in [-0.1, -0.05) is 13.8 Å². The molecule has 106 valence electrons. The molecule has 1 unspecified atom stereocenters. The highest BCUT2D eigenvalue weighted by atomic mass is 16.6. The van der Waals surface area contributed by atoms with Gasteiger partial charge in [-0.25, -0.2) is 4.79 Å². The Morgan fingerprint density at radius 2 is 1.94 bits per heavy atom. The van der Waals surface area contributed by atoms with Crippen LogP contribution in [-0.4, -0.2) is 28.9 Å². The number of carbonyl (C=O) groups is 1. The highest BCUT2D eigenvalue weighted by molar-refractivity contribution is 5.67. The van der Waals surface area contributed by atoms with Gasteiger partial charge in [-0.3, -0.25) is 0 Å². The topological polar surface area (TPSA) is 58.6 Å². The van der Waals surface area contributed by atoms with Gasteiger partial charge in [0.2, 0.25) is 0 Å². The number of alkyl carbamates (subject to hydrolysis) is 1. The van der Waals surface area contributed by atoms with E-state index < -0.39 is 17.3 Å². The first-order chi connectivity index (χ1) is 8.02. The molecule has 1 rings (SSSR count). The third kappa shape index (κ3) is 5.25. The van der Waals surface area contributed by atoms with Crippen LogP contribution in [0.5, 0.6) is 0 Å². The molecule has 1 aliphatic carbocycles. The van der Waals surface area contributed by atoms with Crippen LogP contribution in [0, 0.1) is 5.41 Å². The van der Waals surface area contributed by atoms with Crippen molar-refractivity contribution in [1.82, 2.24) is 5.32 Å². The van der Waals surface area contributed by atoms with Crippen LogP contribution in [0.4, 0.5) is 4.79 Å². The minimum Gasteiger partial charge on any atom is -0.444 e. The summed E-state index contributed by atoms with van der Waals surface area (Å²) in [5, 5.41) is 13.2. The molecule has 0 aromatic heterocycles. The lowest BCUT2D eigenvalue weighted by molar-refractivity contribution is -0.0391. The molecule has 0 radical (unpaired) electrons. The second-order valence-corrected chi connectivity index (χ2v) is 7.27. The molecule has 0 saturated heterocycles. The van der Waals surface area contributed by atoms with E-state index in [4.69, 9.17) is 4.74 Å². The molecule has 1 amide bonds. The molecule has 0 spiro atoms. The van der Waals surface area contributed by atoms with Gasteiger partial charge in [-0.2, -0.15) is 0 Å². The van der Waals surface area contributed by atoms with Crippen molar-refractivity contribution < 1.29 is 14.6 Å². The van der Waals surface area contributed by atoms with Crippen LogP contribution in [0.25, 0.3) is 0 Å². The molecule has 0 aliphatic heterocycles. The standard InChI is InChI=1S/C14H27NO3/c1-12(2,3)18-11(16)15-10-14(17)8-6-7-13(4,5)9-14/h17H,6-10H2,1-5H3,(H,15,16). The van der Waals surface area contributed by atoms with Crippen molar-refractivity contribution >= 4 is 6.09 Å². The van der Waals surface area contributed by atoms with Crippen LogP contribution in [-0.2, 0) is 4.74 Å². The Morgan fingerprint density at radius 1 is 1.33 bits per heavy atom. The van der Waals surface area contributed by atoms with Gasteiger partial charge < -0.3 is 15.2 Å². The van der Waals surface area contributed by atoms with E-state index in [1.807, 2.05) is 20.8 Å². The molecule has 1 fully saturated rings. The van der Waals surface area contributed by atoms with E-state index in [2.05, 4.69) is 19.2 Å². The molecule has 0 heterocycles. The monoisotopic (exact) mass is 257 g/mol. The number of hydrogen-bond donors (Lipinski definition) is 2. The van der Waals surface area contributed by atoms with Crippen molar-refractivity contribution in [3.05, 3.63) is 0 Å². The Bertz CT molecular complexity index is 307. The fourth-order valence-electron chi connectivity index (χ4n) is 2.67. The summed E-state index contributed by atoms with van der Waals surface area (Å²) in [7, 11) is 0. The number of rotatable bonds is 2. The lowest BCUT2D eigenvalue weighted by Crippen LogP contribution is -2.48. The maximum atomic E-state index is 11.6. The predicted molar refractivity (Wildman–Crippen MR) is 71.4 cm³/mol. The zero-order valence-electron chi connectivity index (χ0n) is 12.3. The predicted octanol–water partition coefficient (Wildman–Crippen LogP) is 2.84. The Hall–Kier alpha value is -0.770. The van der Waals surface area contributed by atoms with Crippen molar-refractivity contribution in [3.8, 4) is 0 Å². The largest absolute Gasteiger partial charge is 0.444 e. The van der Waals surface area contributed by atoms with Crippen LogP contribution < -0.4 is 5.32 Å². The molecule has 0 aromatic carbocycles. The smallest absolute Gasteiger partial charge is 0.407 e. The van der Waals surface area contributed by atoms with Gasteiger partial charge in [0.25, 0.3) is 0 Å². The van der Waals surface area contributed by atoms with Gasteiger partial charge in [0.1, 0.15) is 5.60 Å². The molecule has 0 bridgehead atoms. The first kappa shape index (κ1) is 15.3. The van der Waals surface area contributed by atoms with E-state index in [-0.39, 0.29) is 12.0 Å². The van der Waals surface area contributed by atoms with E-state index in [0.29, 0.717) is 0 Å². The molecule has 2 N–H and O–H groups in total. The average molecular weight is 257 g/mol. The van der Waals surface area contributed by atoms with Crippen molar-refractivity contribution in [1.29, 1.82) is 0 Å². The number of ether oxygens (including phenoxy) is 1. The number of hydrogen-bond acceptors (Lipinski definition) is 3. The second-order valence-electron chi connectivity index (χ2n) is 7.27. The van der Waals surface area contributed by atoms with Crippen molar-refractivity contribution in [2.45, 2.75) is 71.5 Å². The quantitative estimate of drug-likeness (QED) is 0.799. The summed E-state index contributed by atoms with van der Waals surface area (Å²) in [6.07, 6.45) is 3.13. The Labute approximate surface area is 110 Å². The van der Waals surface area contributed by atoms with Crippen LogP contribution in [0.15, 0.2) is 0 Å².